The fraction of sp³-hybridized carbons (Fsp3) is 0.222. The Morgan fingerprint density at radius 1 is 1.04 bits per heavy atom. The summed E-state index contributed by atoms with van der Waals surface area (Å²) in [4.78, 5) is 0.841. The lowest BCUT2D eigenvalue weighted by Gasteiger charge is -2.07. The standard InChI is InChI=1S/C18H19N3O2S/c1-2-17-20-21-18(23-17)12-19-15-8-6-7-14(11-15)13-24(22)16-9-4-3-5-10-16/h3-11,19H,2,12-13H2,1H3/t24-/m0/s1. The zero-order valence-corrected chi connectivity index (χ0v) is 14.3. The maximum Gasteiger partial charge on any atom is 0.235 e. The van der Waals surface area contributed by atoms with Gasteiger partial charge in [0.05, 0.1) is 23.1 Å². The Bertz CT molecular complexity index is 818. The van der Waals surface area contributed by atoms with Gasteiger partial charge in [-0.25, -0.2) is 0 Å². The van der Waals surface area contributed by atoms with Gasteiger partial charge in [0, 0.05) is 17.0 Å². The fourth-order valence-electron chi connectivity index (χ4n) is 2.26. The molecule has 0 aliphatic carbocycles. The molecule has 5 nitrogen and oxygen atoms in total. The van der Waals surface area contributed by atoms with Crippen LogP contribution in [0.2, 0.25) is 0 Å². The lowest BCUT2D eigenvalue weighted by molar-refractivity contribution is 0.460. The van der Waals surface area contributed by atoms with Crippen LogP contribution in [0.25, 0.3) is 0 Å². The van der Waals surface area contributed by atoms with Gasteiger partial charge >= 0.3 is 0 Å². The van der Waals surface area contributed by atoms with Crippen molar-refractivity contribution in [1.82, 2.24) is 10.2 Å². The van der Waals surface area contributed by atoms with Crippen molar-refractivity contribution in [3.05, 3.63) is 71.9 Å². The van der Waals surface area contributed by atoms with Gasteiger partial charge in [-0.3, -0.25) is 4.21 Å². The van der Waals surface area contributed by atoms with Gasteiger partial charge in [-0.2, -0.15) is 0 Å². The molecule has 0 aliphatic heterocycles. The molecule has 0 unspecified atom stereocenters. The van der Waals surface area contributed by atoms with E-state index in [0.717, 1.165) is 22.6 Å². The van der Waals surface area contributed by atoms with Crippen molar-refractivity contribution in [1.29, 1.82) is 0 Å². The van der Waals surface area contributed by atoms with Crippen molar-refractivity contribution in [2.75, 3.05) is 5.32 Å². The van der Waals surface area contributed by atoms with Gasteiger partial charge in [0.2, 0.25) is 11.8 Å². The van der Waals surface area contributed by atoms with Crippen molar-refractivity contribution in [2.24, 2.45) is 0 Å². The smallest absolute Gasteiger partial charge is 0.235 e. The Balaban J connectivity index is 1.62. The zero-order chi connectivity index (χ0) is 16.8. The Kier molecular flexibility index (Phi) is 5.38. The minimum atomic E-state index is -1.05. The first-order valence-electron chi connectivity index (χ1n) is 7.82. The van der Waals surface area contributed by atoms with Crippen molar-refractivity contribution in [3.8, 4) is 0 Å². The van der Waals surface area contributed by atoms with Crippen LogP contribution >= 0.6 is 0 Å². The molecule has 0 bridgehead atoms. The molecular weight excluding hydrogens is 322 g/mol. The summed E-state index contributed by atoms with van der Waals surface area (Å²) in [5.41, 5.74) is 1.95. The SMILES string of the molecule is CCc1nnc(CNc2cccc(C[S@](=O)c3ccccc3)c2)o1. The van der Waals surface area contributed by atoms with Gasteiger partial charge in [0.1, 0.15) is 0 Å². The summed E-state index contributed by atoms with van der Waals surface area (Å²) in [6, 6.07) is 17.4. The van der Waals surface area contributed by atoms with E-state index in [0.29, 0.717) is 24.1 Å². The van der Waals surface area contributed by atoms with Crippen LogP contribution in [-0.2, 0) is 29.5 Å². The molecule has 0 radical (unpaired) electrons. The number of anilines is 1. The molecule has 0 amide bonds. The normalized spacial score (nSPS) is 12.0. The van der Waals surface area contributed by atoms with Crippen molar-refractivity contribution >= 4 is 16.5 Å². The Labute approximate surface area is 143 Å². The molecule has 1 N–H and O–H groups in total. The molecule has 2 aromatic carbocycles. The minimum Gasteiger partial charge on any atom is -0.423 e. The second-order valence-electron chi connectivity index (χ2n) is 5.30. The number of aromatic nitrogens is 2. The third-order valence-electron chi connectivity index (χ3n) is 3.49. The van der Waals surface area contributed by atoms with E-state index in [2.05, 4.69) is 15.5 Å². The number of rotatable bonds is 7. The molecule has 0 spiro atoms. The third kappa shape index (κ3) is 4.29. The predicted molar refractivity (Wildman–Crippen MR) is 94.0 cm³/mol. The van der Waals surface area contributed by atoms with E-state index in [1.165, 1.54) is 0 Å². The molecule has 3 rings (SSSR count). The van der Waals surface area contributed by atoms with Crippen LogP contribution in [0.15, 0.2) is 63.9 Å². The Morgan fingerprint density at radius 2 is 1.83 bits per heavy atom. The largest absolute Gasteiger partial charge is 0.423 e. The zero-order valence-electron chi connectivity index (χ0n) is 13.4. The minimum absolute atomic E-state index is 0.470. The van der Waals surface area contributed by atoms with Gasteiger partial charge in [-0.1, -0.05) is 37.3 Å². The van der Waals surface area contributed by atoms with E-state index in [-0.39, 0.29) is 0 Å². The first-order valence-corrected chi connectivity index (χ1v) is 9.14. The highest BCUT2D eigenvalue weighted by atomic mass is 32.2. The van der Waals surface area contributed by atoms with Crippen molar-refractivity contribution < 1.29 is 8.63 Å². The number of nitrogens with one attached hydrogen (secondary N) is 1. The second-order valence-corrected chi connectivity index (χ2v) is 6.75. The molecule has 0 aliphatic rings. The number of hydrogen-bond acceptors (Lipinski definition) is 5. The van der Waals surface area contributed by atoms with E-state index >= 15 is 0 Å². The van der Waals surface area contributed by atoms with Gasteiger partial charge in [-0.05, 0) is 29.8 Å². The van der Waals surface area contributed by atoms with E-state index in [1.807, 2.05) is 61.5 Å². The summed E-state index contributed by atoms with van der Waals surface area (Å²) in [6.07, 6.45) is 0.730. The first-order chi connectivity index (χ1) is 11.7. The summed E-state index contributed by atoms with van der Waals surface area (Å²) in [5, 5.41) is 11.2. The van der Waals surface area contributed by atoms with E-state index in [1.54, 1.807) is 0 Å². The molecule has 0 saturated carbocycles. The van der Waals surface area contributed by atoms with Crippen molar-refractivity contribution in [3.63, 3.8) is 0 Å². The fourth-order valence-corrected chi connectivity index (χ4v) is 3.37. The Morgan fingerprint density at radius 3 is 2.58 bits per heavy atom. The molecule has 0 fully saturated rings. The van der Waals surface area contributed by atoms with E-state index < -0.39 is 10.8 Å². The maximum atomic E-state index is 12.4. The van der Waals surface area contributed by atoms with Crippen LogP contribution in [0.5, 0.6) is 0 Å². The predicted octanol–water partition coefficient (Wildman–Crippen LogP) is 3.55. The summed E-state index contributed by atoms with van der Waals surface area (Å²) < 4.78 is 17.9. The molecule has 6 heteroatoms. The van der Waals surface area contributed by atoms with Gasteiger partial charge in [-0.15, -0.1) is 10.2 Å². The van der Waals surface area contributed by atoms with Gasteiger partial charge in [0.25, 0.3) is 0 Å². The van der Waals surface area contributed by atoms with Crippen LogP contribution < -0.4 is 5.32 Å². The van der Waals surface area contributed by atoms with Crippen molar-refractivity contribution in [2.45, 2.75) is 30.5 Å². The van der Waals surface area contributed by atoms with Crippen LogP contribution in [-0.4, -0.2) is 14.4 Å². The molecule has 0 saturated heterocycles. The average Bonchev–Trinajstić information content (AvgIpc) is 3.09. The highest BCUT2D eigenvalue weighted by molar-refractivity contribution is 7.84. The van der Waals surface area contributed by atoms with Gasteiger partial charge in [0.15, 0.2) is 0 Å². The topological polar surface area (TPSA) is 68.0 Å². The highest BCUT2D eigenvalue weighted by Gasteiger charge is 2.07. The molecule has 24 heavy (non-hydrogen) atoms. The third-order valence-corrected chi connectivity index (χ3v) is 4.88. The lowest BCUT2D eigenvalue weighted by Crippen LogP contribution is -2.01. The number of aryl methyl sites for hydroxylation is 1. The molecule has 1 aromatic heterocycles. The lowest BCUT2D eigenvalue weighted by atomic mass is 10.2. The molecular formula is C18H19N3O2S. The van der Waals surface area contributed by atoms with Crippen LogP contribution in [0, 0.1) is 0 Å². The average molecular weight is 341 g/mol. The Hall–Kier alpha value is -2.47. The summed E-state index contributed by atoms with van der Waals surface area (Å²) in [5.74, 6) is 1.68. The summed E-state index contributed by atoms with van der Waals surface area (Å²) >= 11 is 0. The molecule has 124 valence electrons. The number of nitrogens with zero attached hydrogens (tertiary/aromatic N) is 2. The maximum absolute atomic E-state index is 12.4. The number of benzene rings is 2. The quantitative estimate of drug-likeness (QED) is 0.712. The van der Waals surface area contributed by atoms with E-state index in [9.17, 15) is 4.21 Å². The van der Waals surface area contributed by atoms with E-state index in [4.69, 9.17) is 4.42 Å². The summed E-state index contributed by atoms with van der Waals surface area (Å²) in [7, 11) is -1.05. The van der Waals surface area contributed by atoms with Crippen LogP contribution in [0.1, 0.15) is 24.3 Å². The highest BCUT2D eigenvalue weighted by Crippen LogP contribution is 2.16. The first kappa shape index (κ1) is 16.4. The second kappa shape index (κ2) is 7.88. The molecule has 1 heterocycles. The van der Waals surface area contributed by atoms with Gasteiger partial charge < -0.3 is 9.73 Å². The monoisotopic (exact) mass is 341 g/mol. The molecule has 3 aromatic rings. The number of hydrogen-bond donors (Lipinski definition) is 1. The summed E-state index contributed by atoms with van der Waals surface area (Å²) in [6.45, 7) is 2.44. The van der Waals surface area contributed by atoms with Crippen LogP contribution in [0.4, 0.5) is 5.69 Å². The molecule has 1 atom stereocenters. The van der Waals surface area contributed by atoms with Crippen LogP contribution in [0.3, 0.4) is 0 Å².